The van der Waals surface area contributed by atoms with Crippen molar-refractivity contribution in [1.29, 1.82) is 0 Å². The van der Waals surface area contributed by atoms with E-state index in [-0.39, 0.29) is 5.56 Å². The second-order valence-electron chi connectivity index (χ2n) is 7.37. The fraction of sp³-hybridized carbons (Fsp3) is 0.421. The molecule has 0 aliphatic carbocycles. The van der Waals surface area contributed by atoms with Gasteiger partial charge in [-0.25, -0.2) is 4.98 Å². The zero-order valence-electron chi connectivity index (χ0n) is 14.8. The minimum atomic E-state index is 0.0801. The number of nitrogens with zero attached hydrogens (tertiary/aromatic N) is 5. The molecular formula is C19H22N6O. The monoisotopic (exact) mass is 350 g/mol. The average molecular weight is 350 g/mol. The van der Waals surface area contributed by atoms with Gasteiger partial charge in [-0.3, -0.25) is 9.48 Å². The molecule has 2 bridgehead atoms. The Hall–Kier alpha value is -2.67. The van der Waals surface area contributed by atoms with Gasteiger partial charge >= 0.3 is 0 Å². The van der Waals surface area contributed by atoms with Crippen molar-refractivity contribution in [3.8, 4) is 11.4 Å². The van der Waals surface area contributed by atoms with Gasteiger partial charge in [0.1, 0.15) is 5.82 Å². The third kappa shape index (κ3) is 2.42. The van der Waals surface area contributed by atoms with Gasteiger partial charge < -0.3 is 14.5 Å². The molecular weight excluding hydrogens is 328 g/mol. The molecule has 0 unspecified atom stereocenters. The van der Waals surface area contributed by atoms with Crippen LogP contribution in [0.25, 0.3) is 11.4 Å². The zero-order valence-corrected chi connectivity index (χ0v) is 14.8. The van der Waals surface area contributed by atoms with Crippen LogP contribution in [0.15, 0.2) is 41.6 Å². The predicted molar refractivity (Wildman–Crippen MR) is 98.0 cm³/mol. The maximum absolute atomic E-state index is 13.2. The molecule has 1 fully saturated rings. The predicted octanol–water partition coefficient (Wildman–Crippen LogP) is 1.20. The third-order valence-corrected chi connectivity index (χ3v) is 5.72. The smallest absolute Gasteiger partial charge is 0.261 e. The maximum atomic E-state index is 13.2. The number of aromatic nitrogens is 5. The fourth-order valence-corrected chi connectivity index (χ4v) is 4.37. The van der Waals surface area contributed by atoms with Crippen LogP contribution in [-0.2, 0) is 20.1 Å². The Morgan fingerprint density at radius 3 is 3.00 bits per heavy atom. The number of hydrogen-bond donors (Lipinski definition) is 1. The lowest BCUT2D eigenvalue weighted by molar-refractivity contribution is 0.257. The van der Waals surface area contributed by atoms with E-state index < -0.39 is 0 Å². The van der Waals surface area contributed by atoms with Crippen molar-refractivity contribution in [2.24, 2.45) is 13.0 Å². The van der Waals surface area contributed by atoms with Crippen molar-refractivity contribution in [3.05, 3.63) is 58.5 Å². The summed E-state index contributed by atoms with van der Waals surface area (Å²) in [5.74, 6) is 1.71. The van der Waals surface area contributed by atoms with E-state index in [0.29, 0.717) is 23.9 Å². The molecule has 2 aliphatic rings. The molecule has 2 atom stereocenters. The fourth-order valence-electron chi connectivity index (χ4n) is 4.37. The minimum Gasteiger partial charge on any atom is -0.325 e. The van der Waals surface area contributed by atoms with Crippen molar-refractivity contribution in [3.63, 3.8) is 0 Å². The number of nitrogens with one attached hydrogen (secondary N) is 1. The molecule has 5 rings (SSSR count). The van der Waals surface area contributed by atoms with Gasteiger partial charge in [-0.2, -0.15) is 5.10 Å². The molecule has 3 aromatic rings. The van der Waals surface area contributed by atoms with Crippen LogP contribution in [0.1, 0.15) is 23.7 Å². The van der Waals surface area contributed by atoms with Crippen LogP contribution in [0.2, 0.25) is 0 Å². The highest BCUT2D eigenvalue weighted by Crippen LogP contribution is 2.32. The first kappa shape index (κ1) is 15.6. The summed E-state index contributed by atoms with van der Waals surface area (Å²) in [6, 6.07) is 6.05. The summed E-state index contributed by atoms with van der Waals surface area (Å²) < 4.78 is 5.85. The molecule has 1 N–H and O–H groups in total. The highest BCUT2D eigenvalue weighted by Gasteiger charge is 2.31. The number of pyridine rings is 1. The Balaban J connectivity index is 1.56. The zero-order chi connectivity index (χ0) is 17.7. The Kier molecular flexibility index (Phi) is 3.56. The summed E-state index contributed by atoms with van der Waals surface area (Å²) >= 11 is 0. The van der Waals surface area contributed by atoms with Gasteiger partial charge in [-0.15, -0.1) is 0 Å². The van der Waals surface area contributed by atoms with E-state index in [2.05, 4.69) is 21.5 Å². The molecule has 0 spiro atoms. The first-order chi connectivity index (χ1) is 12.7. The lowest BCUT2D eigenvalue weighted by Crippen LogP contribution is -2.45. The molecule has 2 aliphatic heterocycles. The quantitative estimate of drug-likeness (QED) is 0.771. The Morgan fingerprint density at radius 2 is 2.15 bits per heavy atom. The minimum absolute atomic E-state index is 0.0801. The number of rotatable bonds is 3. The number of aryl methyl sites for hydroxylation is 1. The molecule has 5 heterocycles. The maximum Gasteiger partial charge on any atom is 0.261 e. The molecule has 7 nitrogen and oxygen atoms in total. The van der Waals surface area contributed by atoms with Crippen LogP contribution >= 0.6 is 0 Å². The molecule has 0 saturated carbocycles. The highest BCUT2D eigenvalue weighted by atomic mass is 16.1. The summed E-state index contributed by atoms with van der Waals surface area (Å²) in [6.45, 7) is 3.41. The van der Waals surface area contributed by atoms with E-state index in [1.165, 1.54) is 6.42 Å². The van der Waals surface area contributed by atoms with Gasteiger partial charge in [0.15, 0.2) is 0 Å². The lowest BCUT2D eigenvalue weighted by atomic mass is 9.84. The van der Waals surface area contributed by atoms with Crippen molar-refractivity contribution >= 4 is 0 Å². The van der Waals surface area contributed by atoms with Crippen LogP contribution in [0.4, 0.5) is 0 Å². The standard InChI is InChI=1S/C19H22N6O/c1-23-15(4-5-22-23)12-24-7-6-21-18(24)16-2-3-17-14-8-13(9-20-10-14)11-25(17)19(16)26/h2-7,13-14,20H,8-12H2,1H3/t13-,14+/m0/s1. The SMILES string of the molecule is Cn1nccc1Cn1ccnc1-c1ccc2n(c1=O)C[C@@H]1CNC[C@H]2C1. The van der Waals surface area contributed by atoms with Crippen LogP contribution in [-0.4, -0.2) is 37.0 Å². The van der Waals surface area contributed by atoms with Gasteiger partial charge in [0.05, 0.1) is 17.8 Å². The Morgan fingerprint density at radius 1 is 1.23 bits per heavy atom. The largest absolute Gasteiger partial charge is 0.325 e. The van der Waals surface area contributed by atoms with Gasteiger partial charge in [0.2, 0.25) is 0 Å². The topological polar surface area (TPSA) is 69.7 Å². The molecule has 26 heavy (non-hydrogen) atoms. The molecule has 3 aromatic heterocycles. The first-order valence-electron chi connectivity index (χ1n) is 9.13. The molecule has 0 aromatic carbocycles. The van der Waals surface area contributed by atoms with Crippen molar-refractivity contribution in [2.75, 3.05) is 13.1 Å². The summed E-state index contributed by atoms with van der Waals surface area (Å²) in [4.78, 5) is 17.7. The van der Waals surface area contributed by atoms with Crippen LogP contribution < -0.4 is 10.9 Å². The third-order valence-electron chi connectivity index (χ3n) is 5.72. The lowest BCUT2D eigenvalue weighted by Gasteiger charge is -2.37. The summed E-state index contributed by atoms with van der Waals surface area (Å²) in [6.07, 6.45) is 6.64. The number of imidazole rings is 1. The van der Waals surface area contributed by atoms with Gasteiger partial charge in [0, 0.05) is 50.3 Å². The molecule has 7 heteroatoms. The molecule has 134 valence electrons. The van der Waals surface area contributed by atoms with Crippen LogP contribution in [0, 0.1) is 5.92 Å². The number of hydrogen-bond acceptors (Lipinski definition) is 4. The average Bonchev–Trinajstić information content (AvgIpc) is 3.26. The van der Waals surface area contributed by atoms with Gasteiger partial charge in [-0.05, 0) is 37.1 Å². The number of piperidine rings is 1. The van der Waals surface area contributed by atoms with Crippen molar-refractivity contribution < 1.29 is 0 Å². The van der Waals surface area contributed by atoms with E-state index >= 15 is 0 Å². The van der Waals surface area contributed by atoms with E-state index in [4.69, 9.17) is 0 Å². The van der Waals surface area contributed by atoms with Gasteiger partial charge in [0.25, 0.3) is 5.56 Å². The molecule has 1 saturated heterocycles. The van der Waals surface area contributed by atoms with Crippen LogP contribution in [0.5, 0.6) is 0 Å². The van der Waals surface area contributed by atoms with Gasteiger partial charge in [-0.1, -0.05) is 0 Å². The van der Waals surface area contributed by atoms with E-state index in [0.717, 1.165) is 36.8 Å². The first-order valence-corrected chi connectivity index (χ1v) is 9.13. The highest BCUT2D eigenvalue weighted by molar-refractivity contribution is 5.55. The summed E-state index contributed by atoms with van der Waals surface area (Å²) in [5.41, 5.74) is 2.99. The molecule has 0 radical (unpaired) electrons. The van der Waals surface area contributed by atoms with E-state index in [1.54, 1.807) is 12.4 Å². The van der Waals surface area contributed by atoms with E-state index in [9.17, 15) is 4.79 Å². The second-order valence-corrected chi connectivity index (χ2v) is 7.37. The Bertz CT molecular complexity index is 1010. The van der Waals surface area contributed by atoms with Crippen LogP contribution in [0.3, 0.4) is 0 Å². The van der Waals surface area contributed by atoms with E-state index in [1.807, 2.05) is 39.2 Å². The molecule has 0 amide bonds. The number of fused-ring (bicyclic) bond motifs is 4. The summed E-state index contributed by atoms with van der Waals surface area (Å²) in [7, 11) is 1.92. The summed E-state index contributed by atoms with van der Waals surface area (Å²) in [5, 5.41) is 7.71. The van der Waals surface area contributed by atoms with Crippen molar-refractivity contribution in [1.82, 2.24) is 29.2 Å². The Labute approximate surface area is 151 Å². The normalized spacial score (nSPS) is 21.6. The second kappa shape index (κ2) is 5.95. The van der Waals surface area contributed by atoms with Crippen molar-refractivity contribution in [2.45, 2.75) is 25.4 Å².